The van der Waals surface area contributed by atoms with Crippen molar-refractivity contribution in [3.05, 3.63) is 124 Å². The molecule has 0 spiro atoms. The zero-order valence-electron chi connectivity index (χ0n) is 34.6. The molecule has 2 atom stereocenters. The van der Waals surface area contributed by atoms with E-state index >= 15 is 0 Å². The maximum Gasteiger partial charge on any atom is 0.303 e. The molecule has 5 N–H and O–H groups in total. The van der Waals surface area contributed by atoms with Crippen LogP contribution in [0.15, 0.2) is 108 Å². The number of phenols is 1. The lowest BCUT2D eigenvalue weighted by molar-refractivity contribution is -0.138. The first-order valence-corrected chi connectivity index (χ1v) is 21.1. The van der Waals surface area contributed by atoms with E-state index in [0.29, 0.717) is 43.8 Å². The molecule has 0 saturated carbocycles. The summed E-state index contributed by atoms with van der Waals surface area (Å²) in [5, 5.41) is 37.0. The Hall–Kier alpha value is -6.11. The number of hydrogen-bond donors (Lipinski definition) is 4. The minimum absolute atomic E-state index is 0.0224. The zero-order valence-corrected chi connectivity index (χ0v) is 35.5. The van der Waals surface area contributed by atoms with Gasteiger partial charge in [-0.15, -0.1) is 11.3 Å². The monoisotopic (exact) mass is 828 g/mol. The number of amides is 1. The molecule has 11 nitrogen and oxygen atoms in total. The van der Waals surface area contributed by atoms with E-state index in [1.54, 1.807) is 24.5 Å². The van der Waals surface area contributed by atoms with Crippen molar-refractivity contribution in [2.24, 2.45) is 5.84 Å². The van der Waals surface area contributed by atoms with Crippen LogP contribution in [-0.4, -0.2) is 59.4 Å². The summed E-state index contributed by atoms with van der Waals surface area (Å²) in [4.78, 5) is 41.2. The van der Waals surface area contributed by atoms with E-state index in [4.69, 9.17) is 10.6 Å². The molecule has 7 rings (SSSR count). The maximum atomic E-state index is 12.1. The number of rotatable bonds is 15. The molecule has 0 radical (unpaired) electrons. The molecule has 1 unspecified atom stereocenters. The molecule has 4 aromatic carbocycles. The molecule has 1 amide bonds. The number of phenolic OH excluding ortho intramolecular Hbond substituents is 1. The van der Waals surface area contributed by atoms with E-state index in [2.05, 4.69) is 66.3 Å². The van der Waals surface area contributed by atoms with Crippen molar-refractivity contribution in [1.29, 1.82) is 0 Å². The minimum Gasteiger partial charge on any atom is -0.508 e. The van der Waals surface area contributed by atoms with Gasteiger partial charge in [-0.1, -0.05) is 50.3 Å². The second-order valence-corrected chi connectivity index (χ2v) is 17.4. The van der Waals surface area contributed by atoms with Crippen molar-refractivity contribution in [2.45, 2.75) is 76.7 Å². The van der Waals surface area contributed by atoms with E-state index in [9.17, 15) is 29.7 Å². The number of anilines is 3. The van der Waals surface area contributed by atoms with Gasteiger partial charge in [-0.2, -0.15) is 0 Å². The van der Waals surface area contributed by atoms with Crippen molar-refractivity contribution in [3.63, 3.8) is 0 Å². The number of aliphatic carboxylic acids is 2. The lowest BCUT2D eigenvalue weighted by atomic mass is 9.75. The Bertz CT molecular complexity index is 2560. The summed E-state index contributed by atoms with van der Waals surface area (Å²) in [6.07, 6.45) is 12.0. The van der Waals surface area contributed by atoms with Gasteiger partial charge in [-0.25, -0.2) is 10.9 Å². The predicted molar refractivity (Wildman–Crippen MR) is 240 cm³/mol. The summed E-state index contributed by atoms with van der Waals surface area (Å²) < 4.78 is 5.66. The summed E-state index contributed by atoms with van der Waals surface area (Å²) >= 11 is 1.70. The van der Waals surface area contributed by atoms with Crippen LogP contribution in [0.3, 0.4) is 0 Å². The third-order valence-electron chi connectivity index (χ3n) is 12.1. The molecule has 0 bridgehead atoms. The number of nitrogens with two attached hydrogens (primary N) is 1. The quantitative estimate of drug-likeness (QED) is 0.0264. The van der Waals surface area contributed by atoms with Crippen molar-refractivity contribution in [1.82, 2.24) is 0 Å². The predicted octanol–water partition coefficient (Wildman–Crippen LogP) is 9.21. The number of carboxylic acids is 2. The van der Waals surface area contributed by atoms with Gasteiger partial charge in [-0.05, 0) is 120 Å². The number of carbonyl (C=O) groups excluding carboxylic acids is 1. The van der Waals surface area contributed by atoms with Crippen LogP contribution in [0, 0.1) is 0 Å². The van der Waals surface area contributed by atoms with Gasteiger partial charge in [0.1, 0.15) is 11.5 Å². The first-order valence-electron chi connectivity index (χ1n) is 20.2. The van der Waals surface area contributed by atoms with Gasteiger partial charge < -0.3 is 29.9 Å². The largest absolute Gasteiger partial charge is 0.508 e. The molecule has 312 valence electrons. The smallest absolute Gasteiger partial charge is 0.303 e. The standard InChI is InChI=1S/C48H52N4O7S/c1-30(53)52(49)31-17-22-40-39(26-31)47(2,3)41(50(40)23-9-15-43(55)56)13-7-6-8-14-42-48(4,29-34-12-11-25-60-34)45-35-20-18-32(54)27-37(35)38-28-33(59-5)19-21-36(38)46(45)51(42)24-10-16-44(57)58/h6-8,11-14,17-22,25-28,41,54H,9-10,15-16,23-24,29,49H2,1-5H3,(H,55,56)(H,57,58)/b8-6+,13-7+,42-14+/t41-,48?/m1/s1. The van der Waals surface area contributed by atoms with Gasteiger partial charge in [0.05, 0.1) is 24.5 Å². The van der Waals surface area contributed by atoms with Crippen LogP contribution in [0.4, 0.5) is 17.1 Å². The number of allylic oxidation sites excluding steroid dienone is 5. The van der Waals surface area contributed by atoms with Crippen LogP contribution in [0.2, 0.25) is 0 Å². The van der Waals surface area contributed by atoms with Gasteiger partial charge in [0.25, 0.3) is 0 Å². The maximum absolute atomic E-state index is 12.1. The van der Waals surface area contributed by atoms with Crippen LogP contribution < -0.4 is 25.4 Å². The number of fused-ring (bicyclic) bond motifs is 7. The fourth-order valence-corrected chi connectivity index (χ4v) is 10.1. The van der Waals surface area contributed by atoms with E-state index in [0.717, 1.165) is 54.8 Å². The number of nitrogens with zero attached hydrogens (tertiary/aromatic N) is 3. The number of carboxylic acid groups (broad SMARTS) is 2. The molecule has 2 aliphatic rings. The molecule has 1 aromatic heterocycles. The van der Waals surface area contributed by atoms with Crippen LogP contribution in [0.1, 0.15) is 69.4 Å². The molecule has 0 saturated heterocycles. The van der Waals surface area contributed by atoms with E-state index in [1.807, 2.05) is 60.7 Å². The second-order valence-electron chi connectivity index (χ2n) is 16.4. The lowest BCUT2D eigenvalue weighted by Crippen LogP contribution is -2.40. The highest BCUT2D eigenvalue weighted by molar-refractivity contribution is 7.09. The number of benzene rings is 4. The first-order chi connectivity index (χ1) is 28.6. The Kier molecular flexibility index (Phi) is 11.8. The number of aromatic hydroxyl groups is 1. The average Bonchev–Trinajstić information content (AvgIpc) is 3.86. The van der Waals surface area contributed by atoms with Gasteiger partial charge >= 0.3 is 11.9 Å². The Morgan fingerprint density at radius 2 is 1.60 bits per heavy atom. The van der Waals surface area contributed by atoms with Crippen LogP contribution >= 0.6 is 11.3 Å². The number of methoxy groups -OCH3 is 1. The highest BCUT2D eigenvalue weighted by Gasteiger charge is 2.46. The summed E-state index contributed by atoms with van der Waals surface area (Å²) in [6, 6.07) is 21.3. The van der Waals surface area contributed by atoms with Gasteiger partial charge in [0.2, 0.25) is 5.91 Å². The molecule has 60 heavy (non-hydrogen) atoms. The fraction of sp³-hybridized carbons (Fsp3) is 0.312. The average molecular weight is 829 g/mol. The molecule has 3 heterocycles. The Morgan fingerprint density at radius 3 is 2.28 bits per heavy atom. The summed E-state index contributed by atoms with van der Waals surface area (Å²) in [5.74, 6) is 5.00. The molecule has 12 heteroatoms. The first kappa shape index (κ1) is 42.0. The molecule has 0 fully saturated rings. The molecule has 0 aliphatic carbocycles. The van der Waals surface area contributed by atoms with Crippen molar-refractivity contribution in [2.75, 3.05) is 35.0 Å². The van der Waals surface area contributed by atoms with E-state index in [1.165, 1.54) is 11.8 Å². The minimum atomic E-state index is -0.848. The number of hydrazine groups is 1. The third kappa shape index (κ3) is 7.84. The summed E-state index contributed by atoms with van der Waals surface area (Å²) in [6.45, 7) is 8.97. The molecular weight excluding hydrogens is 777 g/mol. The number of thiophene rings is 1. The number of ether oxygens (including phenoxy) is 1. The fourth-order valence-electron chi connectivity index (χ4n) is 9.24. The Morgan fingerprint density at radius 1 is 0.883 bits per heavy atom. The molecule has 5 aromatic rings. The van der Waals surface area contributed by atoms with Gasteiger partial charge in [0, 0.05) is 65.3 Å². The SMILES string of the molecule is COc1ccc2c3c(c4ccc(O)cc4c2c1)C(C)(Cc1cccs1)\C(=C/C=C/C=C/[C@H]1N(CCCC(=O)O)c2ccc(N(N)C(C)=O)cc2C1(C)C)N3CCCC(=O)O. The summed E-state index contributed by atoms with van der Waals surface area (Å²) in [5.41, 5.74) is 4.79. The van der Waals surface area contributed by atoms with Gasteiger partial charge in [-0.3, -0.25) is 14.4 Å². The highest BCUT2D eigenvalue weighted by atomic mass is 32.1. The van der Waals surface area contributed by atoms with Crippen molar-refractivity contribution < 1.29 is 34.4 Å². The van der Waals surface area contributed by atoms with Crippen LogP contribution in [-0.2, 0) is 31.6 Å². The lowest BCUT2D eigenvalue weighted by Gasteiger charge is -2.32. The van der Waals surface area contributed by atoms with E-state index < -0.39 is 22.8 Å². The Labute approximate surface area is 354 Å². The van der Waals surface area contributed by atoms with Gasteiger partial charge in [0.15, 0.2) is 0 Å². The van der Waals surface area contributed by atoms with Crippen molar-refractivity contribution >= 4 is 67.8 Å². The van der Waals surface area contributed by atoms with Crippen molar-refractivity contribution in [3.8, 4) is 11.5 Å². The zero-order chi connectivity index (χ0) is 42.9. The second kappa shape index (κ2) is 16.9. The molecular formula is C48H52N4O7S. The Balaban J connectivity index is 1.33. The normalized spacial score (nSPS) is 18.9. The molecule has 2 aliphatic heterocycles. The summed E-state index contributed by atoms with van der Waals surface area (Å²) in [7, 11) is 1.64. The third-order valence-corrected chi connectivity index (χ3v) is 13.0. The highest BCUT2D eigenvalue weighted by Crippen LogP contribution is 2.57. The van der Waals surface area contributed by atoms with Crippen LogP contribution in [0.25, 0.3) is 21.5 Å². The number of hydrogen-bond acceptors (Lipinski definition) is 9. The van der Waals surface area contributed by atoms with Crippen LogP contribution in [0.5, 0.6) is 11.5 Å². The van der Waals surface area contributed by atoms with E-state index in [-0.39, 0.29) is 30.5 Å². The topological polar surface area (TPSA) is 157 Å². The number of carbonyl (C=O) groups is 3.